The summed E-state index contributed by atoms with van der Waals surface area (Å²) in [6.07, 6.45) is 1.69. The van der Waals surface area contributed by atoms with Crippen LogP contribution in [0.2, 0.25) is 0 Å². The van der Waals surface area contributed by atoms with Gasteiger partial charge in [0, 0.05) is 23.4 Å². The molecule has 0 saturated heterocycles. The first-order chi connectivity index (χ1) is 12.7. The van der Waals surface area contributed by atoms with Gasteiger partial charge in [-0.3, -0.25) is 9.59 Å². The first-order valence-electron chi connectivity index (χ1n) is 9.04. The summed E-state index contributed by atoms with van der Waals surface area (Å²) in [6, 6.07) is 11.3. The number of hydrogen-bond acceptors (Lipinski definition) is 5. The molecule has 0 saturated carbocycles. The number of carbonyl (C=O) groups excluding carboxylic acids is 2. The molecular formula is C22H25NO4. The van der Waals surface area contributed by atoms with Crippen LogP contribution >= 0.6 is 0 Å². The van der Waals surface area contributed by atoms with Gasteiger partial charge in [-0.05, 0) is 52.0 Å². The quantitative estimate of drug-likeness (QED) is 0.835. The Labute approximate surface area is 159 Å². The van der Waals surface area contributed by atoms with Gasteiger partial charge in [-0.1, -0.05) is 17.7 Å². The monoisotopic (exact) mass is 367 g/mol. The van der Waals surface area contributed by atoms with E-state index in [1.54, 1.807) is 19.1 Å². The molecule has 27 heavy (non-hydrogen) atoms. The molecule has 1 aliphatic rings. The SMILES string of the molecule is CC(=O)C1=C(Nc2ccc(C)cc2)C[C@@](C)(O)[C@@H](C(C)=O)[C@@H]1c1ccco1. The van der Waals surface area contributed by atoms with Gasteiger partial charge in [-0.15, -0.1) is 0 Å². The Balaban J connectivity index is 2.16. The second kappa shape index (κ2) is 7.16. The standard InChI is InChI=1S/C22H25NO4/c1-13-7-9-16(10-8-13)23-17-12-22(4,26)21(15(3)25)20(19(17)14(2)24)18-6-5-11-27-18/h5-11,20-21,23,26H,12H2,1-4H3/t20-,21+,22-/m1/s1. The van der Waals surface area contributed by atoms with Gasteiger partial charge in [-0.25, -0.2) is 0 Å². The van der Waals surface area contributed by atoms with Crippen molar-refractivity contribution in [3.8, 4) is 0 Å². The van der Waals surface area contributed by atoms with Gasteiger partial charge in [0.15, 0.2) is 5.78 Å². The third-order valence-electron chi connectivity index (χ3n) is 5.19. The zero-order chi connectivity index (χ0) is 19.8. The normalized spacial score (nSPS) is 25.4. The first kappa shape index (κ1) is 19.1. The van der Waals surface area contributed by atoms with E-state index in [-0.39, 0.29) is 18.0 Å². The van der Waals surface area contributed by atoms with E-state index >= 15 is 0 Å². The van der Waals surface area contributed by atoms with Crippen molar-refractivity contribution < 1.29 is 19.1 Å². The molecule has 5 nitrogen and oxygen atoms in total. The van der Waals surface area contributed by atoms with E-state index in [1.165, 1.54) is 20.1 Å². The molecule has 1 aromatic carbocycles. The lowest BCUT2D eigenvalue weighted by atomic mass is 9.65. The summed E-state index contributed by atoms with van der Waals surface area (Å²) in [5.41, 5.74) is 1.74. The summed E-state index contributed by atoms with van der Waals surface area (Å²) in [4.78, 5) is 25.0. The lowest BCUT2D eigenvalue weighted by Gasteiger charge is -2.42. The predicted octanol–water partition coefficient (Wildman–Crippen LogP) is 3.99. The van der Waals surface area contributed by atoms with E-state index in [4.69, 9.17) is 4.42 Å². The van der Waals surface area contributed by atoms with Crippen LogP contribution < -0.4 is 5.32 Å². The van der Waals surface area contributed by atoms with E-state index in [0.717, 1.165) is 11.3 Å². The van der Waals surface area contributed by atoms with Crippen LogP contribution in [0.3, 0.4) is 0 Å². The van der Waals surface area contributed by atoms with Crippen molar-refractivity contribution in [2.45, 2.75) is 45.6 Å². The average Bonchev–Trinajstić information content (AvgIpc) is 3.09. The third kappa shape index (κ3) is 3.74. The van der Waals surface area contributed by atoms with Crippen LogP contribution in [0.4, 0.5) is 5.69 Å². The number of rotatable bonds is 5. The fraction of sp³-hybridized carbons (Fsp3) is 0.364. The number of aliphatic hydroxyl groups is 1. The van der Waals surface area contributed by atoms with Crippen molar-refractivity contribution in [3.05, 3.63) is 65.3 Å². The number of benzene rings is 1. The van der Waals surface area contributed by atoms with Crippen LogP contribution in [0.25, 0.3) is 0 Å². The smallest absolute Gasteiger partial charge is 0.158 e. The van der Waals surface area contributed by atoms with Crippen LogP contribution in [0.15, 0.2) is 58.3 Å². The number of anilines is 1. The van der Waals surface area contributed by atoms with Gasteiger partial charge in [0.25, 0.3) is 0 Å². The van der Waals surface area contributed by atoms with Crippen LogP contribution in [0, 0.1) is 12.8 Å². The highest BCUT2D eigenvalue weighted by atomic mass is 16.3. The van der Waals surface area contributed by atoms with E-state index < -0.39 is 17.4 Å². The highest BCUT2D eigenvalue weighted by molar-refractivity contribution is 5.98. The number of aryl methyl sites for hydroxylation is 1. The molecule has 1 aromatic heterocycles. The summed E-state index contributed by atoms with van der Waals surface area (Å²) in [5.74, 6) is -1.20. The molecule has 2 N–H and O–H groups in total. The van der Waals surface area contributed by atoms with Crippen molar-refractivity contribution >= 4 is 17.3 Å². The fourth-order valence-corrected chi connectivity index (χ4v) is 4.08. The Morgan fingerprint density at radius 2 is 1.85 bits per heavy atom. The predicted molar refractivity (Wildman–Crippen MR) is 103 cm³/mol. The van der Waals surface area contributed by atoms with Crippen molar-refractivity contribution in [1.29, 1.82) is 0 Å². The Hall–Kier alpha value is -2.66. The maximum absolute atomic E-state index is 12.6. The third-order valence-corrected chi connectivity index (χ3v) is 5.19. The fourth-order valence-electron chi connectivity index (χ4n) is 4.08. The van der Waals surface area contributed by atoms with Crippen molar-refractivity contribution in [3.63, 3.8) is 0 Å². The molecular weight excluding hydrogens is 342 g/mol. The zero-order valence-corrected chi connectivity index (χ0v) is 16.1. The molecule has 0 spiro atoms. The molecule has 3 rings (SSSR count). The highest BCUT2D eigenvalue weighted by Gasteiger charge is 2.50. The molecule has 0 amide bonds. The Morgan fingerprint density at radius 3 is 2.37 bits per heavy atom. The van der Waals surface area contributed by atoms with Gasteiger partial charge in [0.05, 0.1) is 23.7 Å². The summed E-state index contributed by atoms with van der Waals surface area (Å²) in [7, 11) is 0. The molecule has 2 aromatic rings. The number of furan rings is 1. The van der Waals surface area contributed by atoms with Gasteiger partial charge < -0.3 is 14.8 Å². The molecule has 0 fully saturated rings. The second-order valence-corrected chi connectivity index (χ2v) is 7.55. The van der Waals surface area contributed by atoms with E-state index in [0.29, 0.717) is 17.0 Å². The Bertz CT molecular complexity index is 876. The average molecular weight is 367 g/mol. The summed E-state index contributed by atoms with van der Waals surface area (Å²) in [5, 5.41) is 14.4. The highest BCUT2D eigenvalue weighted by Crippen LogP contribution is 2.47. The molecule has 0 radical (unpaired) electrons. The molecule has 142 valence electrons. The molecule has 1 aliphatic carbocycles. The summed E-state index contributed by atoms with van der Waals surface area (Å²) < 4.78 is 5.56. The molecule has 0 aliphatic heterocycles. The lowest BCUT2D eigenvalue weighted by Crippen LogP contribution is -2.48. The first-order valence-corrected chi connectivity index (χ1v) is 9.04. The number of Topliss-reactive ketones (excluding diaryl/α,β-unsaturated/α-hetero) is 2. The van der Waals surface area contributed by atoms with Gasteiger partial charge in [-0.2, -0.15) is 0 Å². The van der Waals surface area contributed by atoms with Crippen LogP contribution in [0.1, 0.15) is 44.4 Å². The molecule has 0 bridgehead atoms. The number of carbonyl (C=O) groups is 2. The number of allylic oxidation sites excluding steroid dienone is 1. The van der Waals surface area contributed by atoms with Crippen LogP contribution in [-0.2, 0) is 9.59 Å². The van der Waals surface area contributed by atoms with Crippen LogP contribution in [0.5, 0.6) is 0 Å². The largest absolute Gasteiger partial charge is 0.469 e. The summed E-state index contributed by atoms with van der Waals surface area (Å²) in [6.45, 7) is 6.58. The van der Waals surface area contributed by atoms with Gasteiger partial charge >= 0.3 is 0 Å². The minimum atomic E-state index is -1.31. The molecule has 3 atom stereocenters. The maximum atomic E-state index is 12.6. The van der Waals surface area contributed by atoms with Crippen molar-refractivity contribution in [2.75, 3.05) is 5.32 Å². The lowest BCUT2D eigenvalue weighted by molar-refractivity contribution is -0.131. The molecule has 5 heteroatoms. The molecule has 1 heterocycles. The van der Waals surface area contributed by atoms with Gasteiger partial charge in [0.1, 0.15) is 11.5 Å². The molecule has 0 unspecified atom stereocenters. The minimum absolute atomic E-state index is 0.146. The van der Waals surface area contributed by atoms with Crippen molar-refractivity contribution in [2.24, 2.45) is 5.92 Å². The Kier molecular flexibility index (Phi) is 5.07. The Morgan fingerprint density at radius 1 is 1.19 bits per heavy atom. The summed E-state index contributed by atoms with van der Waals surface area (Å²) >= 11 is 0. The maximum Gasteiger partial charge on any atom is 0.158 e. The topological polar surface area (TPSA) is 79.5 Å². The van der Waals surface area contributed by atoms with Crippen LogP contribution in [-0.4, -0.2) is 22.3 Å². The number of nitrogens with one attached hydrogen (secondary N) is 1. The van der Waals surface area contributed by atoms with E-state index in [1.807, 2.05) is 31.2 Å². The number of hydrogen-bond donors (Lipinski definition) is 2. The number of ketones is 2. The van der Waals surface area contributed by atoms with E-state index in [2.05, 4.69) is 5.32 Å². The second-order valence-electron chi connectivity index (χ2n) is 7.55. The van der Waals surface area contributed by atoms with Gasteiger partial charge in [0.2, 0.25) is 0 Å². The minimum Gasteiger partial charge on any atom is -0.469 e. The van der Waals surface area contributed by atoms with Crippen molar-refractivity contribution in [1.82, 2.24) is 0 Å². The van der Waals surface area contributed by atoms with E-state index in [9.17, 15) is 14.7 Å². The zero-order valence-electron chi connectivity index (χ0n) is 16.1.